The third-order valence-corrected chi connectivity index (χ3v) is 5.34. The second-order valence-corrected chi connectivity index (χ2v) is 6.24. The maximum Gasteiger partial charge on any atom is 0.0847 e. The maximum absolute atomic E-state index is 6.40. The molecule has 3 rings (SSSR count). The molecule has 0 saturated heterocycles. The van der Waals surface area contributed by atoms with Gasteiger partial charge in [0.1, 0.15) is 0 Å². The summed E-state index contributed by atoms with van der Waals surface area (Å²) >= 11 is 6.34. The largest absolute Gasteiger partial charge is 0.327 e. The highest BCUT2D eigenvalue weighted by Gasteiger charge is 2.54. The first kappa shape index (κ1) is 12.5. The van der Waals surface area contributed by atoms with Crippen LogP contribution in [0.25, 0.3) is 0 Å². The standard InChI is InChI=1S/C14H22ClN3/c1-3-18-12(14(15)8(2)17-18)7-11(16)13-9-5-4-6-10(9)13/h9-11,13H,3-7,16H2,1-2H3. The summed E-state index contributed by atoms with van der Waals surface area (Å²) in [6.45, 7) is 4.94. The lowest BCUT2D eigenvalue weighted by molar-refractivity contribution is 0.469. The Bertz CT molecular complexity index is 444. The summed E-state index contributed by atoms with van der Waals surface area (Å²) in [7, 11) is 0. The zero-order chi connectivity index (χ0) is 12.9. The van der Waals surface area contributed by atoms with Crippen molar-refractivity contribution < 1.29 is 0 Å². The van der Waals surface area contributed by atoms with Crippen LogP contribution in [-0.2, 0) is 13.0 Å². The summed E-state index contributed by atoms with van der Waals surface area (Å²) in [5.41, 5.74) is 8.46. The van der Waals surface area contributed by atoms with Crippen molar-refractivity contribution >= 4 is 11.6 Å². The highest BCUT2D eigenvalue weighted by Crippen LogP contribution is 2.58. The number of hydrogen-bond acceptors (Lipinski definition) is 2. The fraction of sp³-hybridized carbons (Fsp3) is 0.786. The van der Waals surface area contributed by atoms with E-state index >= 15 is 0 Å². The molecule has 2 aliphatic carbocycles. The van der Waals surface area contributed by atoms with Crippen molar-refractivity contribution in [1.29, 1.82) is 0 Å². The van der Waals surface area contributed by atoms with E-state index < -0.39 is 0 Å². The SMILES string of the molecule is CCn1nc(C)c(Cl)c1CC(N)C1C2CCCC21. The van der Waals surface area contributed by atoms with Crippen molar-refractivity contribution in [2.24, 2.45) is 23.5 Å². The summed E-state index contributed by atoms with van der Waals surface area (Å²) < 4.78 is 2.01. The molecule has 0 spiro atoms. The molecule has 18 heavy (non-hydrogen) atoms. The van der Waals surface area contributed by atoms with Gasteiger partial charge in [-0.25, -0.2) is 0 Å². The molecule has 3 atom stereocenters. The first-order valence-electron chi connectivity index (χ1n) is 7.10. The van der Waals surface area contributed by atoms with Crippen LogP contribution in [0.3, 0.4) is 0 Å². The average molecular weight is 268 g/mol. The Morgan fingerprint density at radius 2 is 2.11 bits per heavy atom. The molecule has 4 heteroatoms. The first-order valence-corrected chi connectivity index (χ1v) is 7.48. The molecule has 0 aromatic carbocycles. The molecule has 3 unspecified atom stereocenters. The predicted molar refractivity (Wildman–Crippen MR) is 73.6 cm³/mol. The van der Waals surface area contributed by atoms with Crippen molar-refractivity contribution in [3.63, 3.8) is 0 Å². The van der Waals surface area contributed by atoms with Crippen LogP contribution >= 0.6 is 11.6 Å². The summed E-state index contributed by atoms with van der Waals surface area (Å²) in [5, 5.41) is 5.28. The molecular weight excluding hydrogens is 246 g/mol. The molecule has 0 bridgehead atoms. The van der Waals surface area contributed by atoms with Gasteiger partial charge in [0, 0.05) is 19.0 Å². The molecule has 2 fully saturated rings. The van der Waals surface area contributed by atoms with Crippen LogP contribution in [0.5, 0.6) is 0 Å². The minimum Gasteiger partial charge on any atom is -0.327 e. The highest BCUT2D eigenvalue weighted by atomic mass is 35.5. The summed E-state index contributed by atoms with van der Waals surface area (Å²) in [5.74, 6) is 2.58. The van der Waals surface area contributed by atoms with Crippen molar-refractivity contribution in [2.75, 3.05) is 0 Å². The third kappa shape index (κ3) is 1.88. The molecule has 2 N–H and O–H groups in total. The lowest BCUT2D eigenvalue weighted by atomic mass is 10.0. The first-order chi connectivity index (χ1) is 8.63. The molecular formula is C14H22ClN3. The number of hydrogen-bond donors (Lipinski definition) is 1. The van der Waals surface area contributed by atoms with E-state index in [4.69, 9.17) is 17.3 Å². The minimum absolute atomic E-state index is 0.263. The molecule has 0 aliphatic heterocycles. The monoisotopic (exact) mass is 267 g/mol. The van der Waals surface area contributed by atoms with E-state index in [1.807, 2.05) is 11.6 Å². The smallest absolute Gasteiger partial charge is 0.0847 e. The fourth-order valence-electron chi connectivity index (χ4n) is 3.94. The van der Waals surface area contributed by atoms with Gasteiger partial charge in [-0.15, -0.1) is 0 Å². The van der Waals surface area contributed by atoms with Crippen LogP contribution in [0, 0.1) is 24.7 Å². The van der Waals surface area contributed by atoms with Crippen molar-refractivity contribution in [1.82, 2.24) is 9.78 Å². The quantitative estimate of drug-likeness (QED) is 0.912. The van der Waals surface area contributed by atoms with Crippen LogP contribution in [0.4, 0.5) is 0 Å². The van der Waals surface area contributed by atoms with E-state index in [1.54, 1.807) is 0 Å². The lowest BCUT2D eigenvalue weighted by Crippen LogP contribution is -2.28. The zero-order valence-corrected chi connectivity index (χ0v) is 12.0. The normalized spacial score (nSPS) is 31.4. The van der Waals surface area contributed by atoms with Gasteiger partial charge in [-0.05, 0) is 44.4 Å². The molecule has 1 aromatic heterocycles. The Kier molecular flexibility index (Phi) is 3.15. The molecule has 0 amide bonds. The predicted octanol–water partition coefficient (Wildman–Crippen LogP) is 2.78. The highest BCUT2D eigenvalue weighted by molar-refractivity contribution is 6.31. The Labute approximate surface area is 114 Å². The summed E-state index contributed by atoms with van der Waals surface area (Å²) in [6, 6.07) is 0.263. The van der Waals surface area contributed by atoms with Crippen LogP contribution in [-0.4, -0.2) is 15.8 Å². The molecule has 1 aromatic rings. The fourth-order valence-corrected chi connectivity index (χ4v) is 4.15. The van der Waals surface area contributed by atoms with Gasteiger partial charge in [0.15, 0.2) is 0 Å². The van der Waals surface area contributed by atoms with E-state index in [2.05, 4.69) is 12.0 Å². The van der Waals surface area contributed by atoms with Gasteiger partial charge in [-0.2, -0.15) is 5.10 Å². The lowest BCUT2D eigenvalue weighted by Gasteiger charge is -2.14. The summed E-state index contributed by atoms with van der Waals surface area (Å²) in [4.78, 5) is 0. The number of aryl methyl sites for hydroxylation is 2. The van der Waals surface area contributed by atoms with Crippen LogP contribution in [0.2, 0.25) is 5.02 Å². The van der Waals surface area contributed by atoms with Gasteiger partial charge < -0.3 is 5.73 Å². The molecule has 3 nitrogen and oxygen atoms in total. The Morgan fingerprint density at radius 3 is 2.72 bits per heavy atom. The average Bonchev–Trinajstić information content (AvgIpc) is 2.71. The van der Waals surface area contributed by atoms with Crippen molar-refractivity contribution in [2.45, 2.75) is 52.1 Å². The number of nitrogens with zero attached hydrogens (tertiary/aromatic N) is 2. The van der Waals surface area contributed by atoms with Gasteiger partial charge in [-0.3, -0.25) is 4.68 Å². The molecule has 2 saturated carbocycles. The number of rotatable bonds is 4. The molecule has 2 aliphatic rings. The van der Waals surface area contributed by atoms with Gasteiger partial charge in [0.05, 0.1) is 16.4 Å². The second kappa shape index (κ2) is 4.53. The topological polar surface area (TPSA) is 43.8 Å². The van der Waals surface area contributed by atoms with E-state index in [-0.39, 0.29) is 6.04 Å². The number of halogens is 1. The van der Waals surface area contributed by atoms with E-state index in [0.717, 1.165) is 47.1 Å². The van der Waals surface area contributed by atoms with E-state index in [0.29, 0.717) is 0 Å². The van der Waals surface area contributed by atoms with Gasteiger partial charge in [-0.1, -0.05) is 18.0 Å². The Balaban J connectivity index is 1.72. The number of nitrogens with two attached hydrogens (primary N) is 1. The molecule has 100 valence electrons. The number of fused-ring (bicyclic) bond motifs is 1. The van der Waals surface area contributed by atoms with Crippen molar-refractivity contribution in [3.8, 4) is 0 Å². The summed E-state index contributed by atoms with van der Waals surface area (Å²) in [6.07, 6.45) is 5.07. The minimum atomic E-state index is 0.263. The Hall–Kier alpha value is -0.540. The maximum atomic E-state index is 6.40. The Morgan fingerprint density at radius 1 is 1.44 bits per heavy atom. The van der Waals surface area contributed by atoms with E-state index in [9.17, 15) is 0 Å². The third-order valence-electron chi connectivity index (χ3n) is 4.85. The van der Waals surface area contributed by atoms with E-state index in [1.165, 1.54) is 19.3 Å². The van der Waals surface area contributed by atoms with Gasteiger partial charge in [0.25, 0.3) is 0 Å². The van der Waals surface area contributed by atoms with Gasteiger partial charge in [0.2, 0.25) is 0 Å². The van der Waals surface area contributed by atoms with Crippen LogP contribution in [0.1, 0.15) is 37.6 Å². The van der Waals surface area contributed by atoms with Crippen molar-refractivity contribution in [3.05, 3.63) is 16.4 Å². The molecule has 0 radical (unpaired) electrons. The second-order valence-electron chi connectivity index (χ2n) is 5.87. The zero-order valence-electron chi connectivity index (χ0n) is 11.2. The van der Waals surface area contributed by atoms with Gasteiger partial charge >= 0.3 is 0 Å². The number of aromatic nitrogens is 2. The molecule has 1 heterocycles. The van der Waals surface area contributed by atoms with Crippen LogP contribution in [0.15, 0.2) is 0 Å². The van der Waals surface area contributed by atoms with Crippen LogP contribution < -0.4 is 5.73 Å².